The molecule has 1 unspecified atom stereocenters. The number of hydrogen-bond acceptors (Lipinski definition) is 7. The molecule has 1 aromatic carbocycles. The number of carbonyl (C=O) groups excluding carboxylic acids is 2. The first-order valence-electron chi connectivity index (χ1n) is 8.87. The zero-order valence-corrected chi connectivity index (χ0v) is 16.3. The third kappa shape index (κ3) is 3.42. The fraction of sp³-hybridized carbons (Fsp3) is 0.450. The van der Waals surface area contributed by atoms with Gasteiger partial charge in [0.25, 0.3) is 0 Å². The number of hydrogen-bond donors (Lipinski definition) is 0. The summed E-state index contributed by atoms with van der Waals surface area (Å²) in [7, 11) is 2.54. The van der Waals surface area contributed by atoms with Crippen LogP contribution in [0.3, 0.4) is 0 Å². The molecule has 1 atom stereocenters. The van der Waals surface area contributed by atoms with E-state index >= 15 is 0 Å². The van der Waals surface area contributed by atoms with Gasteiger partial charge in [0.05, 0.1) is 30.9 Å². The van der Waals surface area contributed by atoms with E-state index in [0.717, 1.165) is 43.3 Å². The Labute approximate surface area is 163 Å². The molecule has 0 aliphatic carbocycles. The third-order valence-corrected chi connectivity index (χ3v) is 6.61. The third-order valence-electron chi connectivity index (χ3n) is 5.09. The van der Waals surface area contributed by atoms with E-state index in [4.69, 9.17) is 9.47 Å². The number of benzene rings is 1. The standard InChI is InChI=1S/C20H22N2O4S/c1-25-18(23)20(19(24)26-2)12-15(14-8-4-3-5-9-14)16(13-21)17(27-20)22-10-6-7-11-22/h3-5,8-9,15H,6-7,10-12H2,1-2H3. The second-order valence-corrected chi connectivity index (χ2v) is 7.89. The molecule has 1 fully saturated rings. The Balaban J connectivity index is 2.18. The number of carbonyl (C=O) groups is 2. The summed E-state index contributed by atoms with van der Waals surface area (Å²) in [4.78, 5) is 27.6. The summed E-state index contributed by atoms with van der Waals surface area (Å²) in [5.74, 6) is -1.67. The number of ether oxygens (including phenoxy) is 2. The van der Waals surface area contributed by atoms with E-state index in [1.54, 1.807) is 0 Å². The average Bonchev–Trinajstić information content (AvgIpc) is 3.26. The zero-order chi connectivity index (χ0) is 19.4. The van der Waals surface area contributed by atoms with E-state index < -0.39 is 16.7 Å². The van der Waals surface area contributed by atoms with Crippen LogP contribution < -0.4 is 0 Å². The van der Waals surface area contributed by atoms with Crippen molar-refractivity contribution in [3.8, 4) is 6.07 Å². The maximum absolute atomic E-state index is 12.8. The van der Waals surface area contributed by atoms with Crippen LogP contribution in [0.25, 0.3) is 0 Å². The van der Waals surface area contributed by atoms with Crippen LogP contribution in [-0.4, -0.2) is 48.9 Å². The van der Waals surface area contributed by atoms with Crippen molar-refractivity contribution in [1.82, 2.24) is 4.90 Å². The maximum Gasteiger partial charge on any atom is 0.334 e. The van der Waals surface area contributed by atoms with Crippen LogP contribution in [-0.2, 0) is 19.1 Å². The minimum Gasteiger partial charge on any atom is -0.468 e. The number of nitriles is 1. The molecule has 7 heteroatoms. The SMILES string of the molecule is COC(=O)C1(C(=O)OC)CC(c2ccccc2)C(C#N)=C(N2CCCC2)S1. The molecule has 0 radical (unpaired) electrons. The Kier molecular flexibility index (Phi) is 5.76. The van der Waals surface area contributed by atoms with Crippen molar-refractivity contribution >= 4 is 23.7 Å². The molecule has 2 aliphatic heterocycles. The lowest BCUT2D eigenvalue weighted by Gasteiger charge is -2.39. The Morgan fingerprint density at radius 3 is 2.26 bits per heavy atom. The molecule has 0 saturated carbocycles. The molecule has 0 N–H and O–H groups in total. The van der Waals surface area contributed by atoms with Gasteiger partial charge >= 0.3 is 11.9 Å². The molecule has 1 aromatic rings. The quantitative estimate of drug-likeness (QED) is 0.581. The monoisotopic (exact) mass is 386 g/mol. The predicted octanol–water partition coefficient (Wildman–Crippen LogP) is 2.82. The lowest BCUT2D eigenvalue weighted by atomic mass is 9.82. The molecule has 0 spiro atoms. The number of rotatable bonds is 4. The molecule has 1 saturated heterocycles. The van der Waals surface area contributed by atoms with E-state index in [1.807, 2.05) is 30.3 Å². The summed E-state index contributed by atoms with van der Waals surface area (Å²) < 4.78 is 8.47. The van der Waals surface area contributed by atoms with Crippen LogP contribution in [0.2, 0.25) is 0 Å². The van der Waals surface area contributed by atoms with Crippen LogP contribution in [0.4, 0.5) is 0 Å². The van der Waals surface area contributed by atoms with Gasteiger partial charge in [0, 0.05) is 19.0 Å². The van der Waals surface area contributed by atoms with Gasteiger partial charge in [-0.1, -0.05) is 42.1 Å². The lowest BCUT2D eigenvalue weighted by molar-refractivity contribution is -0.156. The molecular formula is C20H22N2O4S. The van der Waals surface area contributed by atoms with Crippen molar-refractivity contribution in [3.05, 3.63) is 46.5 Å². The van der Waals surface area contributed by atoms with Gasteiger partial charge in [-0.25, -0.2) is 9.59 Å². The maximum atomic E-state index is 12.8. The highest BCUT2D eigenvalue weighted by Gasteiger charge is 2.56. The van der Waals surface area contributed by atoms with Gasteiger partial charge in [-0.15, -0.1) is 0 Å². The number of methoxy groups -OCH3 is 2. The summed E-state index contributed by atoms with van der Waals surface area (Å²) in [5.41, 5.74) is 1.49. The second kappa shape index (κ2) is 8.05. The highest BCUT2D eigenvalue weighted by Crippen LogP contribution is 2.52. The van der Waals surface area contributed by atoms with Crippen molar-refractivity contribution in [2.24, 2.45) is 0 Å². The van der Waals surface area contributed by atoms with Crippen molar-refractivity contribution in [2.75, 3.05) is 27.3 Å². The lowest BCUT2D eigenvalue weighted by Crippen LogP contribution is -2.49. The molecule has 0 aromatic heterocycles. The number of esters is 2. The first kappa shape index (κ1) is 19.3. The molecule has 3 rings (SSSR count). The van der Waals surface area contributed by atoms with Crippen LogP contribution in [0.1, 0.15) is 30.7 Å². The van der Waals surface area contributed by atoms with Gasteiger partial charge in [-0.3, -0.25) is 0 Å². The summed E-state index contributed by atoms with van der Waals surface area (Å²) in [6.07, 6.45) is 2.16. The molecule has 0 amide bonds. The first-order chi connectivity index (χ1) is 13.1. The normalized spacial score (nSPS) is 21.5. The number of allylic oxidation sites excluding steroid dienone is 1. The van der Waals surface area contributed by atoms with Gasteiger partial charge in [0.2, 0.25) is 4.75 Å². The Hall–Kier alpha value is -2.46. The van der Waals surface area contributed by atoms with Gasteiger partial charge in [-0.05, 0) is 24.8 Å². The fourth-order valence-corrected chi connectivity index (χ4v) is 5.24. The largest absolute Gasteiger partial charge is 0.468 e. The fourth-order valence-electron chi connectivity index (χ4n) is 3.71. The average molecular weight is 386 g/mol. The van der Waals surface area contributed by atoms with E-state index in [0.29, 0.717) is 10.6 Å². The van der Waals surface area contributed by atoms with Crippen molar-refractivity contribution in [3.63, 3.8) is 0 Å². The Bertz CT molecular complexity index is 778. The van der Waals surface area contributed by atoms with Gasteiger partial charge < -0.3 is 14.4 Å². The van der Waals surface area contributed by atoms with Crippen LogP contribution in [0, 0.1) is 11.3 Å². The highest BCUT2D eigenvalue weighted by molar-refractivity contribution is 8.05. The molecule has 2 heterocycles. The minimum atomic E-state index is -1.53. The van der Waals surface area contributed by atoms with Crippen molar-refractivity contribution < 1.29 is 19.1 Å². The van der Waals surface area contributed by atoms with Crippen LogP contribution >= 0.6 is 11.8 Å². The summed E-state index contributed by atoms with van der Waals surface area (Å²) in [6.45, 7) is 1.60. The summed E-state index contributed by atoms with van der Waals surface area (Å²) in [5, 5.41) is 10.6. The van der Waals surface area contributed by atoms with Crippen LogP contribution in [0.15, 0.2) is 40.9 Å². The van der Waals surface area contributed by atoms with Crippen molar-refractivity contribution in [1.29, 1.82) is 5.26 Å². The summed E-state index contributed by atoms with van der Waals surface area (Å²) >= 11 is 1.11. The first-order valence-corrected chi connectivity index (χ1v) is 9.69. The molecule has 6 nitrogen and oxygen atoms in total. The predicted molar refractivity (Wildman–Crippen MR) is 102 cm³/mol. The van der Waals surface area contributed by atoms with E-state index in [1.165, 1.54) is 14.2 Å². The Morgan fingerprint density at radius 2 is 1.74 bits per heavy atom. The summed E-state index contributed by atoms with van der Waals surface area (Å²) in [6, 6.07) is 11.8. The van der Waals surface area contributed by atoms with E-state index in [-0.39, 0.29) is 12.3 Å². The number of likely N-dealkylation sites (tertiary alicyclic amines) is 1. The topological polar surface area (TPSA) is 79.6 Å². The highest BCUT2D eigenvalue weighted by atomic mass is 32.2. The van der Waals surface area contributed by atoms with Crippen molar-refractivity contribution in [2.45, 2.75) is 29.9 Å². The number of thioether (sulfide) groups is 1. The Morgan fingerprint density at radius 1 is 1.15 bits per heavy atom. The smallest absolute Gasteiger partial charge is 0.334 e. The van der Waals surface area contributed by atoms with Gasteiger partial charge in [0.1, 0.15) is 0 Å². The van der Waals surface area contributed by atoms with Gasteiger partial charge in [0.15, 0.2) is 0 Å². The van der Waals surface area contributed by atoms with E-state index in [9.17, 15) is 14.9 Å². The van der Waals surface area contributed by atoms with Crippen LogP contribution in [0.5, 0.6) is 0 Å². The molecule has 27 heavy (non-hydrogen) atoms. The molecule has 0 bridgehead atoms. The molecule has 2 aliphatic rings. The van der Waals surface area contributed by atoms with Gasteiger partial charge in [-0.2, -0.15) is 5.26 Å². The molecule has 142 valence electrons. The molecular weight excluding hydrogens is 364 g/mol. The number of nitrogens with zero attached hydrogens (tertiary/aromatic N) is 2. The van der Waals surface area contributed by atoms with E-state index in [2.05, 4.69) is 11.0 Å². The second-order valence-electron chi connectivity index (χ2n) is 6.60. The minimum absolute atomic E-state index is 0.126. The zero-order valence-electron chi connectivity index (χ0n) is 15.4.